The molecule has 1 aliphatic rings. The normalized spacial score (nSPS) is 17.6. The lowest BCUT2D eigenvalue weighted by atomic mass is 9.90. The van der Waals surface area contributed by atoms with E-state index < -0.39 is 0 Å². The molecule has 1 heterocycles. The van der Waals surface area contributed by atoms with Crippen LogP contribution >= 0.6 is 12.4 Å². The monoisotopic (exact) mass is 305 g/mol. The number of nitrogens with one attached hydrogen (secondary N) is 2. The van der Waals surface area contributed by atoms with Gasteiger partial charge in [0.05, 0.1) is 0 Å². The summed E-state index contributed by atoms with van der Waals surface area (Å²) in [4.78, 5) is 14.3. The lowest BCUT2D eigenvalue weighted by molar-refractivity contribution is -0.122. The minimum atomic E-state index is 0. The summed E-state index contributed by atoms with van der Waals surface area (Å²) in [5.74, 6) is 1.34. The fourth-order valence-corrected chi connectivity index (χ4v) is 2.63. The van der Waals surface area contributed by atoms with Crippen LogP contribution in [-0.2, 0) is 4.79 Å². The van der Waals surface area contributed by atoms with Gasteiger partial charge in [-0.3, -0.25) is 4.79 Å². The summed E-state index contributed by atoms with van der Waals surface area (Å²) >= 11 is 0. The molecule has 1 saturated heterocycles. The van der Waals surface area contributed by atoms with Gasteiger partial charge in [-0.2, -0.15) is 0 Å². The van der Waals surface area contributed by atoms with E-state index in [1.807, 2.05) is 0 Å². The largest absolute Gasteiger partial charge is 0.356 e. The quantitative estimate of drug-likeness (QED) is 0.673. The molecule has 5 heteroatoms. The van der Waals surface area contributed by atoms with E-state index in [9.17, 15) is 4.79 Å². The van der Waals surface area contributed by atoms with Crippen molar-refractivity contribution in [2.24, 2.45) is 11.8 Å². The smallest absolute Gasteiger partial charge is 0.220 e. The van der Waals surface area contributed by atoms with Crippen molar-refractivity contribution in [2.75, 3.05) is 39.3 Å². The molecule has 0 spiro atoms. The van der Waals surface area contributed by atoms with E-state index in [2.05, 4.69) is 36.3 Å². The Bertz CT molecular complexity index is 256. The Kier molecular flexibility index (Phi) is 11.2. The maximum atomic E-state index is 11.8. The Morgan fingerprint density at radius 3 is 2.50 bits per heavy atom. The van der Waals surface area contributed by atoms with Crippen molar-refractivity contribution in [2.45, 2.75) is 40.0 Å². The minimum absolute atomic E-state index is 0. The number of hydrogen-bond donors (Lipinski definition) is 2. The second kappa shape index (κ2) is 11.4. The van der Waals surface area contributed by atoms with E-state index in [0.717, 1.165) is 52.1 Å². The molecule has 1 rings (SSSR count). The Balaban J connectivity index is 0.00000361. The Hall–Kier alpha value is -0.320. The minimum Gasteiger partial charge on any atom is -0.356 e. The molecule has 0 aliphatic carbocycles. The van der Waals surface area contributed by atoms with Crippen molar-refractivity contribution >= 4 is 18.3 Å². The number of hydrogen-bond acceptors (Lipinski definition) is 3. The van der Waals surface area contributed by atoms with Crippen molar-refractivity contribution in [1.82, 2.24) is 15.5 Å². The average Bonchev–Trinajstić information content (AvgIpc) is 2.42. The zero-order valence-electron chi connectivity index (χ0n) is 13.3. The van der Waals surface area contributed by atoms with Gasteiger partial charge in [0, 0.05) is 39.1 Å². The van der Waals surface area contributed by atoms with Crippen LogP contribution in [0.25, 0.3) is 0 Å². The predicted octanol–water partition coefficient (Wildman–Crippen LogP) is 1.89. The number of piperazine rings is 1. The highest BCUT2D eigenvalue weighted by atomic mass is 35.5. The molecule has 0 bridgehead atoms. The molecule has 0 saturated carbocycles. The molecule has 0 aromatic rings. The number of rotatable bonds is 8. The van der Waals surface area contributed by atoms with Gasteiger partial charge in [0.15, 0.2) is 0 Å². The van der Waals surface area contributed by atoms with Gasteiger partial charge in [-0.25, -0.2) is 0 Å². The zero-order chi connectivity index (χ0) is 14.1. The highest BCUT2D eigenvalue weighted by Crippen LogP contribution is 2.18. The average molecular weight is 306 g/mol. The number of halogens is 1. The summed E-state index contributed by atoms with van der Waals surface area (Å²) in [5.41, 5.74) is 0. The second-order valence-corrected chi connectivity index (χ2v) is 5.91. The molecule has 120 valence electrons. The Morgan fingerprint density at radius 2 is 1.95 bits per heavy atom. The predicted molar refractivity (Wildman–Crippen MR) is 87.4 cm³/mol. The van der Waals surface area contributed by atoms with E-state index in [0.29, 0.717) is 18.3 Å². The third-order valence-electron chi connectivity index (χ3n) is 4.10. The van der Waals surface area contributed by atoms with E-state index in [1.165, 1.54) is 0 Å². The third kappa shape index (κ3) is 8.08. The fourth-order valence-electron chi connectivity index (χ4n) is 2.63. The van der Waals surface area contributed by atoms with Gasteiger partial charge in [0.25, 0.3) is 0 Å². The Labute approximate surface area is 130 Å². The molecule has 1 atom stereocenters. The molecule has 0 aromatic heterocycles. The maximum absolute atomic E-state index is 11.8. The van der Waals surface area contributed by atoms with Crippen molar-refractivity contribution in [3.63, 3.8) is 0 Å². The highest BCUT2D eigenvalue weighted by Gasteiger charge is 2.15. The van der Waals surface area contributed by atoms with E-state index in [4.69, 9.17) is 0 Å². The third-order valence-corrected chi connectivity index (χ3v) is 4.10. The number of amides is 1. The van der Waals surface area contributed by atoms with Gasteiger partial charge in [-0.15, -0.1) is 12.4 Å². The van der Waals surface area contributed by atoms with Crippen molar-refractivity contribution in [3.05, 3.63) is 0 Å². The summed E-state index contributed by atoms with van der Waals surface area (Å²) < 4.78 is 0. The molecule has 0 radical (unpaired) electrons. The summed E-state index contributed by atoms with van der Waals surface area (Å²) in [7, 11) is 0. The lowest BCUT2D eigenvalue weighted by Gasteiger charge is -2.27. The SMILES string of the molecule is CCC(CC(=O)NCCCN1CCNCC1)C(C)C.Cl. The molecule has 2 N–H and O–H groups in total. The fraction of sp³-hybridized carbons (Fsp3) is 0.933. The van der Waals surface area contributed by atoms with Crippen LogP contribution in [0.5, 0.6) is 0 Å². The molecule has 1 fully saturated rings. The molecular formula is C15H32ClN3O. The van der Waals surface area contributed by atoms with Gasteiger partial charge in [-0.05, 0) is 24.8 Å². The molecule has 4 nitrogen and oxygen atoms in total. The van der Waals surface area contributed by atoms with Gasteiger partial charge in [0.1, 0.15) is 0 Å². The van der Waals surface area contributed by atoms with Gasteiger partial charge in [0.2, 0.25) is 5.91 Å². The van der Waals surface area contributed by atoms with Crippen molar-refractivity contribution in [1.29, 1.82) is 0 Å². The van der Waals surface area contributed by atoms with Crippen LogP contribution in [-0.4, -0.2) is 50.1 Å². The zero-order valence-corrected chi connectivity index (χ0v) is 14.1. The maximum Gasteiger partial charge on any atom is 0.220 e. The standard InChI is InChI=1S/C15H31N3O.ClH/c1-4-14(13(2)3)12-15(19)17-6-5-9-18-10-7-16-8-11-18;/h13-14,16H,4-12H2,1-3H3,(H,17,19);1H. The van der Waals surface area contributed by atoms with E-state index >= 15 is 0 Å². The number of carbonyl (C=O) groups excluding carboxylic acids is 1. The highest BCUT2D eigenvalue weighted by molar-refractivity contribution is 5.85. The molecule has 1 aliphatic heterocycles. The summed E-state index contributed by atoms with van der Waals surface area (Å²) in [6.45, 7) is 13.0. The van der Waals surface area contributed by atoms with Crippen LogP contribution in [0, 0.1) is 11.8 Å². The molecule has 1 amide bonds. The summed E-state index contributed by atoms with van der Waals surface area (Å²) in [5, 5.41) is 6.41. The van der Waals surface area contributed by atoms with Crippen LogP contribution in [0.3, 0.4) is 0 Å². The van der Waals surface area contributed by atoms with Crippen LogP contribution in [0.1, 0.15) is 40.0 Å². The van der Waals surface area contributed by atoms with Gasteiger partial charge in [-0.1, -0.05) is 27.2 Å². The van der Waals surface area contributed by atoms with Crippen LogP contribution < -0.4 is 10.6 Å². The Morgan fingerprint density at radius 1 is 1.30 bits per heavy atom. The first-order valence-corrected chi connectivity index (χ1v) is 7.83. The van der Waals surface area contributed by atoms with Crippen LogP contribution in [0.2, 0.25) is 0 Å². The van der Waals surface area contributed by atoms with Gasteiger partial charge >= 0.3 is 0 Å². The first kappa shape index (κ1) is 19.7. The number of nitrogens with zero attached hydrogens (tertiary/aromatic N) is 1. The van der Waals surface area contributed by atoms with E-state index in [1.54, 1.807) is 0 Å². The summed E-state index contributed by atoms with van der Waals surface area (Å²) in [6, 6.07) is 0. The summed E-state index contributed by atoms with van der Waals surface area (Å²) in [6.07, 6.45) is 2.83. The lowest BCUT2D eigenvalue weighted by Crippen LogP contribution is -2.44. The first-order valence-electron chi connectivity index (χ1n) is 7.83. The first-order chi connectivity index (χ1) is 9.13. The molecular weight excluding hydrogens is 274 g/mol. The van der Waals surface area contributed by atoms with Crippen LogP contribution in [0.15, 0.2) is 0 Å². The van der Waals surface area contributed by atoms with Crippen molar-refractivity contribution in [3.8, 4) is 0 Å². The molecule has 1 unspecified atom stereocenters. The number of carbonyl (C=O) groups is 1. The topological polar surface area (TPSA) is 44.4 Å². The van der Waals surface area contributed by atoms with Crippen LogP contribution in [0.4, 0.5) is 0 Å². The van der Waals surface area contributed by atoms with E-state index in [-0.39, 0.29) is 18.3 Å². The molecule has 20 heavy (non-hydrogen) atoms. The second-order valence-electron chi connectivity index (χ2n) is 5.91. The van der Waals surface area contributed by atoms with Gasteiger partial charge < -0.3 is 15.5 Å². The molecule has 0 aromatic carbocycles. The van der Waals surface area contributed by atoms with Crippen molar-refractivity contribution < 1.29 is 4.79 Å².